The second-order valence-electron chi connectivity index (χ2n) is 4.54. The number of benzene rings is 2. The Hall–Kier alpha value is -2.34. The Kier molecular flexibility index (Phi) is 5.16. The Morgan fingerprint density at radius 1 is 1.36 bits per heavy atom. The number of carbonyl (C=O) groups excluding carboxylic acids is 1. The first kappa shape index (κ1) is 16.0. The second kappa shape index (κ2) is 7.09. The molecule has 0 fully saturated rings. The van der Waals surface area contributed by atoms with Crippen LogP contribution in [0.1, 0.15) is 21.5 Å². The van der Waals surface area contributed by atoms with E-state index in [4.69, 9.17) is 4.74 Å². The third kappa shape index (κ3) is 3.65. The number of rotatable bonds is 4. The molecule has 0 aliphatic heterocycles. The molecule has 5 nitrogen and oxygen atoms in total. The summed E-state index contributed by atoms with van der Waals surface area (Å²) in [6, 6.07) is 10.2. The number of nitrogens with zero attached hydrogens (tertiary/aromatic N) is 1. The van der Waals surface area contributed by atoms with Crippen LogP contribution in [0.15, 0.2) is 46.0 Å². The summed E-state index contributed by atoms with van der Waals surface area (Å²) in [7, 11) is 1.55. The minimum atomic E-state index is -0.345. The zero-order valence-corrected chi connectivity index (χ0v) is 13.7. The van der Waals surface area contributed by atoms with Crippen LogP contribution in [0.3, 0.4) is 0 Å². The highest BCUT2D eigenvalue weighted by Gasteiger charge is 2.11. The molecule has 6 heteroatoms. The lowest BCUT2D eigenvalue weighted by molar-refractivity contribution is 0.0954. The zero-order chi connectivity index (χ0) is 16.1. The average Bonchev–Trinajstić information content (AvgIpc) is 2.50. The second-order valence-corrected chi connectivity index (χ2v) is 5.45. The number of ether oxygens (including phenoxy) is 1. The topological polar surface area (TPSA) is 70.9 Å². The minimum Gasteiger partial charge on any atom is -0.507 e. The molecule has 0 spiro atoms. The number of nitrogens with one attached hydrogen (secondary N) is 1. The number of phenolic OH excluding ortho intramolecular Hbond substituents is 1. The fourth-order valence-corrected chi connectivity index (χ4v) is 2.31. The van der Waals surface area contributed by atoms with Gasteiger partial charge in [0.2, 0.25) is 0 Å². The lowest BCUT2D eigenvalue weighted by Gasteiger charge is -2.08. The largest absolute Gasteiger partial charge is 0.507 e. The number of phenols is 1. The van der Waals surface area contributed by atoms with E-state index in [1.807, 2.05) is 0 Å². The zero-order valence-electron chi connectivity index (χ0n) is 12.1. The molecule has 2 rings (SSSR count). The average molecular weight is 363 g/mol. The number of amides is 1. The Labute approximate surface area is 136 Å². The maximum absolute atomic E-state index is 12.1. The van der Waals surface area contributed by atoms with E-state index < -0.39 is 0 Å². The first-order chi connectivity index (χ1) is 10.5. The Balaban J connectivity index is 2.13. The summed E-state index contributed by atoms with van der Waals surface area (Å²) in [5.74, 6) is 0.377. The molecule has 0 heterocycles. The van der Waals surface area contributed by atoms with Crippen molar-refractivity contribution >= 4 is 28.1 Å². The van der Waals surface area contributed by atoms with Crippen LogP contribution in [-0.2, 0) is 0 Å². The summed E-state index contributed by atoms with van der Waals surface area (Å²) in [6.07, 6.45) is 1.38. The number of aromatic hydroxyl groups is 1. The molecule has 2 N–H and O–H groups in total. The van der Waals surface area contributed by atoms with Gasteiger partial charge in [0.25, 0.3) is 5.91 Å². The van der Waals surface area contributed by atoms with Gasteiger partial charge in [-0.2, -0.15) is 5.10 Å². The van der Waals surface area contributed by atoms with Crippen molar-refractivity contribution in [2.24, 2.45) is 5.10 Å². The Morgan fingerprint density at radius 2 is 2.14 bits per heavy atom. The summed E-state index contributed by atoms with van der Waals surface area (Å²) in [4.78, 5) is 12.1. The van der Waals surface area contributed by atoms with Crippen molar-refractivity contribution in [3.8, 4) is 11.5 Å². The third-order valence-electron chi connectivity index (χ3n) is 3.11. The highest BCUT2D eigenvalue weighted by atomic mass is 79.9. The maximum Gasteiger partial charge on any atom is 0.271 e. The van der Waals surface area contributed by atoms with E-state index in [2.05, 4.69) is 26.5 Å². The summed E-state index contributed by atoms with van der Waals surface area (Å²) in [5, 5.41) is 13.6. The number of hydrogen-bond acceptors (Lipinski definition) is 4. The van der Waals surface area contributed by atoms with E-state index in [9.17, 15) is 9.90 Å². The molecular weight excluding hydrogens is 348 g/mol. The summed E-state index contributed by atoms with van der Waals surface area (Å²) in [5.41, 5.74) is 4.15. The van der Waals surface area contributed by atoms with E-state index in [1.165, 1.54) is 6.21 Å². The van der Waals surface area contributed by atoms with Gasteiger partial charge in [-0.25, -0.2) is 5.43 Å². The van der Waals surface area contributed by atoms with Gasteiger partial charge >= 0.3 is 0 Å². The standard InChI is InChI=1S/C16H15BrN2O3/c1-10-13(4-3-5-15(10)22-2)16(21)19-18-9-11-8-12(17)6-7-14(11)20/h3-9,20H,1-2H3,(H,19,21). The van der Waals surface area contributed by atoms with Crippen LogP contribution in [-0.4, -0.2) is 24.3 Å². The van der Waals surface area contributed by atoms with E-state index in [1.54, 1.807) is 50.4 Å². The normalized spacial score (nSPS) is 10.7. The molecule has 1 amide bonds. The van der Waals surface area contributed by atoms with E-state index in [-0.39, 0.29) is 11.7 Å². The van der Waals surface area contributed by atoms with Crippen molar-refractivity contribution in [1.29, 1.82) is 0 Å². The molecule has 0 aliphatic carbocycles. The highest BCUT2D eigenvalue weighted by molar-refractivity contribution is 9.10. The van der Waals surface area contributed by atoms with Crippen LogP contribution in [0, 0.1) is 6.92 Å². The molecule has 114 valence electrons. The van der Waals surface area contributed by atoms with E-state index >= 15 is 0 Å². The van der Waals surface area contributed by atoms with Crippen molar-refractivity contribution < 1.29 is 14.6 Å². The minimum absolute atomic E-state index is 0.0822. The lowest BCUT2D eigenvalue weighted by Crippen LogP contribution is -2.19. The van der Waals surface area contributed by atoms with Crippen LogP contribution >= 0.6 is 15.9 Å². The van der Waals surface area contributed by atoms with Gasteiger partial charge in [-0.3, -0.25) is 4.79 Å². The van der Waals surface area contributed by atoms with Gasteiger partial charge in [-0.15, -0.1) is 0 Å². The van der Waals surface area contributed by atoms with Crippen molar-refractivity contribution in [2.75, 3.05) is 7.11 Å². The van der Waals surface area contributed by atoms with Gasteiger partial charge in [0.05, 0.1) is 13.3 Å². The summed E-state index contributed by atoms with van der Waals surface area (Å²) < 4.78 is 5.99. The van der Waals surface area contributed by atoms with Crippen molar-refractivity contribution in [3.05, 3.63) is 57.6 Å². The molecule has 0 bridgehead atoms. The maximum atomic E-state index is 12.1. The van der Waals surface area contributed by atoms with Crippen LogP contribution in [0.5, 0.6) is 11.5 Å². The van der Waals surface area contributed by atoms with Crippen LogP contribution in [0.2, 0.25) is 0 Å². The number of hydrogen-bond donors (Lipinski definition) is 2. The first-order valence-corrected chi connectivity index (χ1v) is 7.27. The van der Waals surface area contributed by atoms with Gasteiger partial charge in [0.1, 0.15) is 11.5 Å². The van der Waals surface area contributed by atoms with Crippen LogP contribution < -0.4 is 10.2 Å². The summed E-state index contributed by atoms with van der Waals surface area (Å²) >= 11 is 3.31. The van der Waals surface area contributed by atoms with Crippen molar-refractivity contribution in [2.45, 2.75) is 6.92 Å². The number of carbonyl (C=O) groups is 1. The fraction of sp³-hybridized carbons (Fsp3) is 0.125. The fourth-order valence-electron chi connectivity index (χ4n) is 1.93. The van der Waals surface area contributed by atoms with Crippen LogP contribution in [0.4, 0.5) is 0 Å². The molecule has 2 aromatic rings. The smallest absolute Gasteiger partial charge is 0.271 e. The van der Waals surface area contributed by atoms with Gasteiger partial charge in [0.15, 0.2) is 0 Å². The van der Waals surface area contributed by atoms with E-state index in [0.29, 0.717) is 16.9 Å². The molecule has 0 saturated heterocycles. The predicted molar refractivity (Wildman–Crippen MR) is 88.6 cm³/mol. The van der Waals surface area contributed by atoms with Crippen molar-refractivity contribution in [3.63, 3.8) is 0 Å². The molecule has 0 saturated carbocycles. The first-order valence-electron chi connectivity index (χ1n) is 6.48. The molecule has 2 aromatic carbocycles. The summed E-state index contributed by atoms with van der Waals surface area (Å²) in [6.45, 7) is 1.80. The molecule has 0 atom stereocenters. The van der Waals surface area contributed by atoms with Gasteiger partial charge in [0, 0.05) is 21.2 Å². The number of methoxy groups -OCH3 is 1. The molecule has 22 heavy (non-hydrogen) atoms. The van der Waals surface area contributed by atoms with Gasteiger partial charge in [-0.05, 0) is 37.3 Å². The van der Waals surface area contributed by atoms with E-state index in [0.717, 1.165) is 10.0 Å². The molecule has 0 unspecified atom stereocenters. The quantitative estimate of drug-likeness (QED) is 0.647. The highest BCUT2D eigenvalue weighted by Crippen LogP contribution is 2.21. The van der Waals surface area contributed by atoms with Gasteiger partial charge < -0.3 is 9.84 Å². The SMILES string of the molecule is COc1cccc(C(=O)NN=Cc2cc(Br)ccc2O)c1C. The number of hydrazone groups is 1. The van der Waals surface area contributed by atoms with Gasteiger partial charge in [-0.1, -0.05) is 22.0 Å². The third-order valence-corrected chi connectivity index (χ3v) is 3.60. The monoisotopic (exact) mass is 362 g/mol. The van der Waals surface area contributed by atoms with Crippen molar-refractivity contribution in [1.82, 2.24) is 5.43 Å². The lowest BCUT2D eigenvalue weighted by atomic mass is 10.1. The molecule has 0 aromatic heterocycles. The number of halogens is 1. The molecule has 0 aliphatic rings. The van der Waals surface area contributed by atoms with Crippen LogP contribution in [0.25, 0.3) is 0 Å². The molecular formula is C16H15BrN2O3. The molecule has 0 radical (unpaired) electrons. The predicted octanol–water partition coefficient (Wildman–Crippen LogP) is 3.24. The Bertz CT molecular complexity index is 729. The Morgan fingerprint density at radius 3 is 2.86 bits per heavy atom.